The van der Waals surface area contributed by atoms with E-state index in [-0.39, 0.29) is 5.91 Å². The maximum Gasteiger partial charge on any atom is 0.263 e. The van der Waals surface area contributed by atoms with E-state index in [9.17, 15) is 4.79 Å². The molecule has 1 aromatic heterocycles. The molecule has 3 nitrogen and oxygen atoms in total. The Labute approximate surface area is 148 Å². The Kier molecular flexibility index (Phi) is 6.00. The van der Waals surface area contributed by atoms with E-state index >= 15 is 0 Å². The highest BCUT2D eigenvalue weighted by atomic mass is 35.5. The predicted molar refractivity (Wildman–Crippen MR) is 97.6 cm³/mol. The Bertz CT molecular complexity index is 539. The van der Waals surface area contributed by atoms with Gasteiger partial charge in [-0.1, -0.05) is 30.9 Å². The zero-order valence-corrected chi connectivity index (χ0v) is 15.5. The zero-order valence-electron chi connectivity index (χ0n) is 13.9. The molecule has 1 aliphatic heterocycles. The van der Waals surface area contributed by atoms with Crippen molar-refractivity contribution in [1.29, 1.82) is 0 Å². The summed E-state index contributed by atoms with van der Waals surface area (Å²) < 4.78 is 0. The van der Waals surface area contributed by atoms with Gasteiger partial charge in [-0.15, -0.1) is 11.3 Å². The minimum atomic E-state index is 0.0173. The van der Waals surface area contributed by atoms with Crippen LogP contribution in [0, 0.1) is 12.8 Å². The van der Waals surface area contributed by atoms with Gasteiger partial charge in [0.2, 0.25) is 0 Å². The van der Waals surface area contributed by atoms with E-state index in [2.05, 4.69) is 10.2 Å². The number of piperidine rings is 1. The van der Waals surface area contributed by atoms with Gasteiger partial charge in [-0.2, -0.15) is 0 Å². The van der Waals surface area contributed by atoms with Crippen molar-refractivity contribution in [2.45, 2.75) is 57.9 Å². The van der Waals surface area contributed by atoms with Crippen molar-refractivity contribution in [3.05, 3.63) is 20.8 Å². The first-order valence-electron chi connectivity index (χ1n) is 8.92. The second kappa shape index (κ2) is 8.00. The van der Waals surface area contributed by atoms with E-state index in [0.29, 0.717) is 21.9 Å². The summed E-state index contributed by atoms with van der Waals surface area (Å²) in [6, 6.07) is 0.302. The smallest absolute Gasteiger partial charge is 0.263 e. The standard InChI is InChI=1S/C18H27ClN2OS/c1-13-12-23-17(16(13)19)18(22)20-15-8-4-3-7-14(15)11-21-9-5-2-6-10-21/h12,14-15H,2-11H2,1H3,(H,20,22). The summed E-state index contributed by atoms with van der Waals surface area (Å²) in [5.41, 5.74) is 0.996. The molecule has 2 fully saturated rings. The molecule has 1 aromatic rings. The molecule has 1 aliphatic carbocycles. The van der Waals surface area contributed by atoms with E-state index in [1.165, 1.54) is 63.0 Å². The van der Waals surface area contributed by atoms with E-state index in [1.54, 1.807) is 0 Å². The lowest BCUT2D eigenvalue weighted by Crippen LogP contribution is -2.47. The largest absolute Gasteiger partial charge is 0.348 e. The summed E-state index contributed by atoms with van der Waals surface area (Å²) >= 11 is 7.71. The average Bonchev–Trinajstić information content (AvgIpc) is 2.90. The van der Waals surface area contributed by atoms with Crippen LogP contribution in [0.2, 0.25) is 5.02 Å². The third-order valence-electron chi connectivity index (χ3n) is 5.27. The Morgan fingerprint density at radius 2 is 2.00 bits per heavy atom. The molecule has 23 heavy (non-hydrogen) atoms. The van der Waals surface area contributed by atoms with Gasteiger partial charge in [0, 0.05) is 12.6 Å². The number of hydrogen-bond acceptors (Lipinski definition) is 3. The van der Waals surface area contributed by atoms with Crippen LogP contribution in [0.25, 0.3) is 0 Å². The molecule has 2 aliphatic rings. The van der Waals surface area contributed by atoms with Gasteiger partial charge in [0.25, 0.3) is 5.91 Å². The summed E-state index contributed by atoms with van der Waals surface area (Å²) in [5, 5.41) is 5.87. The SMILES string of the molecule is Cc1csc(C(=O)NC2CCCCC2CN2CCCCC2)c1Cl. The summed E-state index contributed by atoms with van der Waals surface area (Å²) in [6.07, 6.45) is 8.88. The molecule has 0 spiro atoms. The number of hydrogen-bond donors (Lipinski definition) is 1. The van der Waals surface area contributed by atoms with E-state index in [0.717, 1.165) is 18.5 Å². The highest BCUT2D eigenvalue weighted by Gasteiger charge is 2.29. The number of nitrogens with zero attached hydrogens (tertiary/aromatic N) is 1. The number of halogens is 1. The quantitative estimate of drug-likeness (QED) is 0.864. The molecule has 128 valence electrons. The first kappa shape index (κ1) is 17.2. The van der Waals surface area contributed by atoms with Gasteiger partial charge >= 0.3 is 0 Å². The zero-order chi connectivity index (χ0) is 16.2. The van der Waals surface area contributed by atoms with Gasteiger partial charge in [0.05, 0.1) is 5.02 Å². The maximum absolute atomic E-state index is 12.6. The average molecular weight is 355 g/mol. The molecule has 5 heteroatoms. The third-order valence-corrected chi connectivity index (χ3v) is 6.97. The minimum Gasteiger partial charge on any atom is -0.348 e. The molecule has 2 heterocycles. The van der Waals surface area contributed by atoms with Crippen molar-refractivity contribution in [3.8, 4) is 0 Å². The number of aryl methyl sites for hydroxylation is 1. The van der Waals surface area contributed by atoms with Crippen LogP contribution in [0.5, 0.6) is 0 Å². The van der Waals surface area contributed by atoms with Crippen molar-refractivity contribution < 1.29 is 4.79 Å². The molecule has 0 aromatic carbocycles. The van der Waals surface area contributed by atoms with Crippen LogP contribution < -0.4 is 5.32 Å². The summed E-state index contributed by atoms with van der Waals surface area (Å²) in [7, 11) is 0. The van der Waals surface area contributed by atoms with E-state index < -0.39 is 0 Å². The Balaban J connectivity index is 1.61. The molecule has 1 saturated carbocycles. The molecule has 2 atom stereocenters. The van der Waals surface area contributed by atoms with Gasteiger partial charge in [0.15, 0.2) is 0 Å². The van der Waals surface area contributed by atoms with Crippen molar-refractivity contribution in [1.82, 2.24) is 10.2 Å². The number of likely N-dealkylation sites (tertiary alicyclic amines) is 1. The van der Waals surface area contributed by atoms with Gasteiger partial charge in [0.1, 0.15) is 4.88 Å². The molecule has 2 unspecified atom stereocenters. The summed E-state index contributed by atoms with van der Waals surface area (Å²) in [6.45, 7) is 5.55. The topological polar surface area (TPSA) is 32.3 Å². The van der Waals surface area contributed by atoms with Crippen molar-refractivity contribution >= 4 is 28.8 Å². The molecule has 3 rings (SSSR count). The summed E-state index contributed by atoms with van der Waals surface area (Å²) in [4.78, 5) is 15.9. The monoisotopic (exact) mass is 354 g/mol. The number of carbonyl (C=O) groups excluding carboxylic acids is 1. The lowest BCUT2D eigenvalue weighted by molar-refractivity contribution is 0.0881. The van der Waals surface area contributed by atoms with Crippen molar-refractivity contribution in [3.63, 3.8) is 0 Å². The first-order chi connectivity index (χ1) is 11.1. The molecule has 1 saturated heterocycles. The van der Waals surface area contributed by atoms with Crippen molar-refractivity contribution in [2.24, 2.45) is 5.92 Å². The second-order valence-corrected chi connectivity index (χ2v) is 8.31. The van der Waals surface area contributed by atoms with Gasteiger partial charge in [-0.3, -0.25) is 4.79 Å². The van der Waals surface area contributed by atoms with Gasteiger partial charge in [-0.25, -0.2) is 0 Å². The molecule has 1 amide bonds. The number of rotatable bonds is 4. The number of nitrogens with one attached hydrogen (secondary N) is 1. The minimum absolute atomic E-state index is 0.0173. The van der Waals surface area contributed by atoms with Crippen LogP contribution in [-0.4, -0.2) is 36.5 Å². The Morgan fingerprint density at radius 3 is 2.70 bits per heavy atom. The number of thiophene rings is 1. The molecular formula is C18H27ClN2OS. The fourth-order valence-corrected chi connectivity index (χ4v) is 5.09. The van der Waals surface area contributed by atoms with Crippen molar-refractivity contribution in [2.75, 3.05) is 19.6 Å². The summed E-state index contributed by atoms with van der Waals surface area (Å²) in [5.74, 6) is 0.606. The fraction of sp³-hybridized carbons (Fsp3) is 0.722. The third kappa shape index (κ3) is 4.28. The lowest BCUT2D eigenvalue weighted by Gasteiger charge is -2.37. The lowest BCUT2D eigenvalue weighted by atomic mass is 9.83. The number of carbonyl (C=O) groups is 1. The van der Waals surface area contributed by atoms with Crippen LogP contribution >= 0.6 is 22.9 Å². The molecular weight excluding hydrogens is 328 g/mol. The molecule has 0 radical (unpaired) electrons. The Hall–Kier alpha value is -0.580. The van der Waals surface area contributed by atoms with Crippen LogP contribution in [-0.2, 0) is 0 Å². The Morgan fingerprint density at radius 1 is 1.26 bits per heavy atom. The predicted octanol–water partition coefficient (Wildman–Crippen LogP) is 4.48. The van der Waals surface area contributed by atoms with Crippen LogP contribution in [0.3, 0.4) is 0 Å². The fourth-order valence-electron chi connectivity index (χ4n) is 3.91. The normalized spacial score (nSPS) is 26.2. The van der Waals surface area contributed by atoms with Gasteiger partial charge < -0.3 is 10.2 Å². The van der Waals surface area contributed by atoms with E-state index in [4.69, 9.17) is 11.6 Å². The van der Waals surface area contributed by atoms with Crippen LogP contribution in [0.1, 0.15) is 60.2 Å². The van der Waals surface area contributed by atoms with Crippen LogP contribution in [0.15, 0.2) is 5.38 Å². The molecule has 0 bridgehead atoms. The van der Waals surface area contributed by atoms with E-state index in [1.807, 2.05) is 12.3 Å². The second-order valence-electron chi connectivity index (χ2n) is 7.05. The highest BCUT2D eigenvalue weighted by molar-refractivity contribution is 7.13. The number of amides is 1. The van der Waals surface area contributed by atoms with Crippen LogP contribution in [0.4, 0.5) is 0 Å². The first-order valence-corrected chi connectivity index (χ1v) is 10.2. The maximum atomic E-state index is 12.6. The molecule has 1 N–H and O–H groups in total. The van der Waals surface area contributed by atoms with Gasteiger partial charge in [-0.05, 0) is 62.6 Å². The highest BCUT2D eigenvalue weighted by Crippen LogP contribution is 2.30.